The molecule has 1 aromatic rings. The van der Waals surface area contributed by atoms with Crippen LogP contribution in [0.15, 0.2) is 18.2 Å². The molecule has 1 aromatic carbocycles. The number of nitrogen functional groups attached to an aromatic ring is 1. The number of likely N-dealkylation sites (tertiary alicyclic amines) is 1. The molecule has 1 heterocycles. The molecule has 1 atom stereocenters. The third-order valence-electron chi connectivity index (χ3n) is 3.44. The number of ether oxygens (including phenoxy) is 1. The first-order valence-corrected chi connectivity index (χ1v) is 6.72. The van der Waals surface area contributed by atoms with Crippen LogP contribution in [0.1, 0.15) is 12.8 Å². The average molecular weight is 279 g/mol. The Balaban J connectivity index is 1.82. The van der Waals surface area contributed by atoms with Gasteiger partial charge in [0.1, 0.15) is 5.75 Å². The zero-order valence-electron chi connectivity index (χ0n) is 11.6. The van der Waals surface area contributed by atoms with Gasteiger partial charge in [-0.05, 0) is 18.6 Å². The fourth-order valence-corrected chi connectivity index (χ4v) is 2.27. The van der Waals surface area contributed by atoms with Crippen molar-refractivity contribution in [3.05, 3.63) is 18.2 Å². The zero-order valence-corrected chi connectivity index (χ0v) is 11.6. The molecular weight excluding hydrogens is 258 g/mol. The highest BCUT2D eigenvalue weighted by Crippen LogP contribution is 2.24. The minimum atomic E-state index is -0.254. The van der Waals surface area contributed by atoms with Crippen molar-refractivity contribution in [2.45, 2.75) is 18.9 Å². The van der Waals surface area contributed by atoms with Gasteiger partial charge >= 0.3 is 0 Å². The summed E-state index contributed by atoms with van der Waals surface area (Å²) in [6.45, 7) is 2.15. The fraction of sp³-hybridized carbons (Fsp3) is 0.500. The first kappa shape index (κ1) is 14.6. The lowest BCUT2D eigenvalue weighted by Gasteiger charge is -2.15. The Labute approximate surface area is 118 Å². The molecule has 1 fully saturated rings. The van der Waals surface area contributed by atoms with Gasteiger partial charge in [-0.3, -0.25) is 4.79 Å². The number of hydrogen-bond donors (Lipinski definition) is 3. The Bertz CT molecular complexity index is 479. The van der Waals surface area contributed by atoms with E-state index in [1.807, 2.05) is 0 Å². The first-order valence-electron chi connectivity index (χ1n) is 6.72. The van der Waals surface area contributed by atoms with Crippen LogP contribution in [0.5, 0.6) is 5.75 Å². The van der Waals surface area contributed by atoms with E-state index in [0.29, 0.717) is 36.6 Å². The number of aliphatic hydroxyl groups excluding tert-OH is 1. The molecule has 4 N–H and O–H groups in total. The Morgan fingerprint density at radius 2 is 2.40 bits per heavy atom. The second-order valence-electron chi connectivity index (χ2n) is 4.99. The van der Waals surface area contributed by atoms with Crippen molar-refractivity contribution in [1.82, 2.24) is 4.90 Å². The molecule has 6 nitrogen and oxygen atoms in total. The maximum Gasteiger partial charge on any atom is 0.225 e. The minimum Gasteiger partial charge on any atom is -0.497 e. The zero-order chi connectivity index (χ0) is 14.5. The van der Waals surface area contributed by atoms with Gasteiger partial charge in [-0.2, -0.15) is 0 Å². The summed E-state index contributed by atoms with van der Waals surface area (Å²) in [5, 5.41) is 12.2. The predicted molar refractivity (Wildman–Crippen MR) is 77.7 cm³/mol. The number of β-amino-alcohol motifs (C(OH)–C–C–N with tert-alkyl or cyclic N) is 1. The van der Waals surface area contributed by atoms with Crippen molar-refractivity contribution in [3.8, 4) is 5.75 Å². The fourth-order valence-electron chi connectivity index (χ4n) is 2.27. The molecule has 1 amide bonds. The Kier molecular flexibility index (Phi) is 4.81. The van der Waals surface area contributed by atoms with Gasteiger partial charge < -0.3 is 25.8 Å². The normalized spacial score (nSPS) is 19.0. The summed E-state index contributed by atoms with van der Waals surface area (Å²) in [5.41, 5.74) is 6.92. The van der Waals surface area contributed by atoms with Crippen LogP contribution in [0, 0.1) is 0 Å². The minimum absolute atomic E-state index is 0.0803. The Hall–Kier alpha value is -1.79. The van der Waals surface area contributed by atoms with Crippen LogP contribution in [0.25, 0.3) is 0 Å². The summed E-state index contributed by atoms with van der Waals surface area (Å²) < 4.78 is 5.06. The topological polar surface area (TPSA) is 87.8 Å². The van der Waals surface area contributed by atoms with Crippen molar-refractivity contribution in [2.75, 3.05) is 37.8 Å². The number of amides is 1. The SMILES string of the molecule is COc1ccc(NC(=O)CCN2CCC(O)C2)c(N)c1. The molecule has 20 heavy (non-hydrogen) atoms. The van der Waals surface area contributed by atoms with Crippen LogP contribution in [0.2, 0.25) is 0 Å². The molecule has 0 bridgehead atoms. The summed E-state index contributed by atoms with van der Waals surface area (Å²) in [4.78, 5) is 14.0. The van der Waals surface area contributed by atoms with Gasteiger partial charge in [0.15, 0.2) is 0 Å². The highest BCUT2D eigenvalue weighted by molar-refractivity contribution is 5.94. The number of methoxy groups -OCH3 is 1. The summed E-state index contributed by atoms with van der Waals surface area (Å²) in [6, 6.07) is 5.15. The highest BCUT2D eigenvalue weighted by atomic mass is 16.5. The number of carbonyl (C=O) groups excluding carboxylic acids is 1. The lowest BCUT2D eigenvalue weighted by molar-refractivity contribution is -0.116. The van der Waals surface area contributed by atoms with E-state index in [4.69, 9.17) is 10.5 Å². The molecular formula is C14H21N3O3. The smallest absolute Gasteiger partial charge is 0.225 e. The maximum absolute atomic E-state index is 11.9. The van der Waals surface area contributed by atoms with Crippen molar-refractivity contribution in [3.63, 3.8) is 0 Å². The largest absolute Gasteiger partial charge is 0.497 e. The molecule has 0 aliphatic carbocycles. The summed E-state index contributed by atoms with van der Waals surface area (Å²) in [5.74, 6) is 0.579. The van der Waals surface area contributed by atoms with Crippen LogP contribution in [-0.4, -0.2) is 48.8 Å². The second-order valence-corrected chi connectivity index (χ2v) is 4.99. The van der Waals surface area contributed by atoms with Gasteiger partial charge in [0, 0.05) is 32.1 Å². The maximum atomic E-state index is 11.9. The van der Waals surface area contributed by atoms with Gasteiger partial charge in [0.25, 0.3) is 0 Å². The number of benzene rings is 1. The molecule has 1 aliphatic heterocycles. The van der Waals surface area contributed by atoms with E-state index >= 15 is 0 Å². The molecule has 1 aliphatic rings. The average Bonchev–Trinajstić information content (AvgIpc) is 2.84. The second kappa shape index (κ2) is 6.58. The molecule has 0 spiro atoms. The highest BCUT2D eigenvalue weighted by Gasteiger charge is 2.20. The van der Waals surface area contributed by atoms with Gasteiger partial charge in [0.05, 0.1) is 24.6 Å². The van der Waals surface area contributed by atoms with Crippen LogP contribution >= 0.6 is 0 Å². The van der Waals surface area contributed by atoms with E-state index in [-0.39, 0.29) is 12.0 Å². The van der Waals surface area contributed by atoms with E-state index in [2.05, 4.69) is 10.2 Å². The van der Waals surface area contributed by atoms with E-state index in [9.17, 15) is 9.90 Å². The number of nitrogens with two attached hydrogens (primary N) is 1. The van der Waals surface area contributed by atoms with Crippen molar-refractivity contribution >= 4 is 17.3 Å². The Morgan fingerprint density at radius 3 is 3.00 bits per heavy atom. The molecule has 2 rings (SSSR count). The molecule has 1 saturated heterocycles. The summed E-state index contributed by atoms with van der Waals surface area (Å²) in [7, 11) is 1.57. The van der Waals surface area contributed by atoms with Crippen LogP contribution in [0.4, 0.5) is 11.4 Å². The molecule has 0 radical (unpaired) electrons. The monoisotopic (exact) mass is 279 g/mol. The lowest BCUT2D eigenvalue weighted by atomic mass is 10.2. The van der Waals surface area contributed by atoms with Crippen molar-refractivity contribution < 1.29 is 14.6 Å². The number of rotatable bonds is 5. The van der Waals surface area contributed by atoms with Crippen molar-refractivity contribution in [1.29, 1.82) is 0 Å². The third-order valence-corrected chi connectivity index (χ3v) is 3.44. The summed E-state index contributed by atoms with van der Waals surface area (Å²) in [6.07, 6.45) is 0.918. The van der Waals surface area contributed by atoms with Gasteiger partial charge in [0.2, 0.25) is 5.91 Å². The van der Waals surface area contributed by atoms with E-state index < -0.39 is 0 Å². The van der Waals surface area contributed by atoms with Gasteiger partial charge in [-0.15, -0.1) is 0 Å². The van der Waals surface area contributed by atoms with Gasteiger partial charge in [-0.25, -0.2) is 0 Å². The number of nitrogens with one attached hydrogen (secondary N) is 1. The number of anilines is 2. The number of aliphatic hydroxyl groups is 1. The molecule has 110 valence electrons. The van der Waals surface area contributed by atoms with Crippen LogP contribution in [-0.2, 0) is 4.79 Å². The van der Waals surface area contributed by atoms with Crippen LogP contribution < -0.4 is 15.8 Å². The number of hydrogen-bond acceptors (Lipinski definition) is 5. The first-order chi connectivity index (χ1) is 9.58. The number of nitrogens with zero attached hydrogens (tertiary/aromatic N) is 1. The molecule has 0 saturated carbocycles. The van der Waals surface area contributed by atoms with E-state index in [1.54, 1.807) is 25.3 Å². The van der Waals surface area contributed by atoms with Crippen LogP contribution in [0.3, 0.4) is 0 Å². The van der Waals surface area contributed by atoms with E-state index in [1.165, 1.54) is 0 Å². The van der Waals surface area contributed by atoms with Crippen molar-refractivity contribution in [2.24, 2.45) is 0 Å². The molecule has 6 heteroatoms. The predicted octanol–water partition coefficient (Wildman–Crippen LogP) is 0.673. The quantitative estimate of drug-likeness (QED) is 0.690. The Morgan fingerprint density at radius 1 is 1.60 bits per heavy atom. The number of carbonyl (C=O) groups is 1. The molecule has 1 unspecified atom stereocenters. The lowest BCUT2D eigenvalue weighted by Crippen LogP contribution is -2.26. The van der Waals surface area contributed by atoms with Gasteiger partial charge in [-0.1, -0.05) is 0 Å². The standard InChI is InChI=1S/C14H21N3O3/c1-20-11-2-3-13(12(15)8-11)16-14(19)5-7-17-6-4-10(18)9-17/h2-3,8,10,18H,4-7,9,15H2,1H3,(H,16,19). The van der Waals surface area contributed by atoms with E-state index in [0.717, 1.165) is 13.0 Å². The molecule has 0 aromatic heterocycles. The third kappa shape index (κ3) is 3.85. The summed E-state index contributed by atoms with van der Waals surface area (Å²) >= 11 is 0.